The van der Waals surface area contributed by atoms with Gasteiger partial charge in [-0.1, -0.05) is 23.7 Å². The number of rotatable bonds is 5. The van der Waals surface area contributed by atoms with Crippen LogP contribution in [0.3, 0.4) is 0 Å². The molecule has 0 unspecified atom stereocenters. The van der Waals surface area contributed by atoms with Gasteiger partial charge < -0.3 is 4.57 Å². The molecule has 3 aromatic rings. The summed E-state index contributed by atoms with van der Waals surface area (Å²) in [6.07, 6.45) is 1.82. The lowest BCUT2D eigenvalue weighted by Gasteiger charge is -2.05. The number of nitrogens with one attached hydrogen (secondary N) is 1. The summed E-state index contributed by atoms with van der Waals surface area (Å²) in [6.45, 7) is 1.82. The van der Waals surface area contributed by atoms with Crippen molar-refractivity contribution >= 4 is 33.0 Å². The molecule has 1 N–H and O–H groups in total. The fraction of sp³-hybridized carbons (Fsp3) is 0.278. The molecule has 0 spiro atoms. The van der Waals surface area contributed by atoms with E-state index in [1.807, 2.05) is 48.2 Å². The first-order chi connectivity index (χ1) is 12.3. The summed E-state index contributed by atoms with van der Waals surface area (Å²) in [4.78, 5) is 5.01. The highest BCUT2D eigenvalue weighted by Crippen LogP contribution is 2.33. The third kappa shape index (κ3) is 3.32. The van der Waals surface area contributed by atoms with Gasteiger partial charge in [0.15, 0.2) is 0 Å². The molecule has 4 rings (SSSR count). The Hall–Kier alpha value is -1.67. The Morgan fingerprint density at radius 1 is 1.27 bits per heavy atom. The van der Waals surface area contributed by atoms with Gasteiger partial charge in [0, 0.05) is 34.7 Å². The minimum Gasteiger partial charge on any atom is -0.345 e. The molecule has 1 fully saturated rings. The van der Waals surface area contributed by atoms with Crippen LogP contribution in [0.5, 0.6) is 0 Å². The van der Waals surface area contributed by atoms with Crippen molar-refractivity contribution in [3.05, 3.63) is 46.4 Å². The summed E-state index contributed by atoms with van der Waals surface area (Å²) in [6, 6.07) is 9.30. The van der Waals surface area contributed by atoms with Gasteiger partial charge in [-0.15, -0.1) is 11.3 Å². The molecule has 0 amide bonds. The minimum atomic E-state index is -3.50. The first-order valence-electron chi connectivity index (χ1n) is 8.25. The fourth-order valence-corrected chi connectivity index (χ4v) is 5.38. The number of benzene rings is 1. The zero-order valence-corrected chi connectivity index (χ0v) is 16.7. The van der Waals surface area contributed by atoms with E-state index < -0.39 is 10.0 Å². The van der Waals surface area contributed by atoms with E-state index in [0.29, 0.717) is 15.6 Å². The van der Waals surface area contributed by atoms with Crippen LogP contribution in [-0.2, 0) is 17.1 Å². The predicted molar refractivity (Wildman–Crippen MR) is 105 cm³/mol. The van der Waals surface area contributed by atoms with E-state index >= 15 is 0 Å². The van der Waals surface area contributed by atoms with Crippen LogP contribution < -0.4 is 4.72 Å². The molecule has 0 radical (unpaired) electrons. The Kier molecular flexibility index (Phi) is 4.43. The third-order valence-corrected chi connectivity index (χ3v) is 7.29. The number of hydrogen-bond donors (Lipinski definition) is 1. The Balaban J connectivity index is 1.70. The average molecular weight is 408 g/mol. The standard InChI is InChI=1S/C18H18ClN3O2S2/c1-11-17(26(23,24)21-14-7-8-14)9-16(22(11)2)18-20-15(10-25-18)12-3-5-13(19)6-4-12/h3-6,9-10,14,21H,7-8H2,1-2H3. The van der Waals surface area contributed by atoms with Gasteiger partial charge in [-0.2, -0.15) is 0 Å². The van der Waals surface area contributed by atoms with Crippen molar-refractivity contribution in [3.63, 3.8) is 0 Å². The molecular formula is C18H18ClN3O2S2. The lowest BCUT2D eigenvalue weighted by Crippen LogP contribution is -2.26. The number of nitrogens with zero attached hydrogens (tertiary/aromatic N) is 2. The maximum absolute atomic E-state index is 12.6. The normalized spacial score (nSPS) is 14.7. The van der Waals surface area contributed by atoms with E-state index in [1.165, 1.54) is 11.3 Å². The topological polar surface area (TPSA) is 64.0 Å². The van der Waals surface area contributed by atoms with Crippen LogP contribution in [0.15, 0.2) is 40.6 Å². The number of thiazole rings is 1. The molecule has 2 aromatic heterocycles. The summed E-state index contributed by atoms with van der Waals surface area (Å²) in [5, 5.41) is 3.44. The number of halogens is 1. The SMILES string of the molecule is Cc1c(S(=O)(=O)NC2CC2)cc(-c2nc(-c3ccc(Cl)cc3)cs2)n1C. The van der Waals surface area contributed by atoms with Crippen molar-refractivity contribution in [3.8, 4) is 22.0 Å². The zero-order valence-electron chi connectivity index (χ0n) is 14.4. The molecule has 0 aliphatic heterocycles. The second-order valence-electron chi connectivity index (χ2n) is 6.48. The van der Waals surface area contributed by atoms with Crippen LogP contribution in [0.2, 0.25) is 5.02 Å². The molecular weight excluding hydrogens is 390 g/mol. The van der Waals surface area contributed by atoms with Crippen LogP contribution in [0, 0.1) is 6.92 Å². The maximum Gasteiger partial charge on any atom is 0.242 e. The monoisotopic (exact) mass is 407 g/mol. The van der Waals surface area contributed by atoms with E-state index in [1.54, 1.807) is 6.07 Å². The van der Waals surface area contributed by atoms with E-state index in [-0.39, 0.29) is 6.04 Å². The molecule has 8 heteroatoms. The highest BCUT2D eigenvalue weighted by Gasteiger charge is 2.30. The Labute approximate surface area is 161 Å². The van der Waals surface area contributed by atoms with Gasteiger partial charge in [-0.25, -0.2) is 18.1 Å². The quantitative estimate of drug-likeness (QED) is 0.688. The Bertz CT molecular complexity index is 1060. The average Bonchev–Trinajstić information content (AvgIpc) is 3.16. The highest BCUT2D eigenvalue weighted by atomic mass is 35.5. The molecule has 5 nitrogen and oxygen atoms in total. The van der Waals surface area contributed by atoms with Gasteiger partial charge in [-0.3, -0.25) is 0 Å². The molecule has 1 aromatic carbocycles. The molecule has 0 atom stereocenters. The van der Waals surface area contributed by atoms with Gasteiger partial charge >= 0.3 is 0 Å². The van der Waals surface area contributed by atoms with Crippen molar-refractivity contribution in [2.75, 3.05) is 0 Å². The second kappa shape index (κ2) is 6.49. The van der Waals surface area contributed by atoms with Crippen molar-refractivity contribution in [1.29, 1.82) is 0 Å². The van der Waals surface area contributed by atoms with Crippen molar-refractivity contribution in [2.24, 2.45) is 7.05 Å². The Morgan fingerprint density at radius 3 is 2.62 bits per heavy atom. The summed E-state index contributed by atoms with van der Waals surface area (Å²) >= 11 is 7.43. The fourth-order valence-electron chi connectivity index (χ4n) is 2.78. The van der Waals surface area contributed by atoms with Gasteiger partial charge in [0.25, 0.3) is 0 Å². The number of sulfonamides is 1. The molecule has 136 valence electrons. The largest absolute Gasteiger partial charge is 0.345 e. The first kappa shape index (κ1) is 17.7. The Morgan fingerprint density at radius 2 is 1.96 bits per heavy atom. The zero-order chi connectivity index (χ0) is 18.5. The van der Waals surface area contributed by atoms with Crippen molar-refractivity contribution in [1.82, 2.24) is 14.3 Å². The molecule has 0 saturated heterocycles. The number of hydrogen-bond acceptors (Lipinski definition) is 4. The first-order valence-corrected chi connectivity index (χ1v) is 11.0. The van der Waals surface area contributed by atoms with E-state index in [4.69, 9.17) is 16.6 Å². The summed E-state index contributed by atoms with van der Waals surface area (Å²) in [5.74, 6) is 0. The summed E-state index contributed by atoms with van der Waals surface area (Å²) < 4.78 is 29.8. The van der Waals surface area contributed by atoms with Crippen LogP contribution in [0.4, 0.5) is 0 Å². The highest BCUT2D eigenvalue weighted by molar-refractivity contribution is 7.89. The van der Waals surface area contributed by atoms with Crippen LogP contribution >= 0.6 is 22.9 Å². The van der Waals surface area contributed by atoms with Crippen LogP contribution in [-0.4, -0.2) is 24.0 Å². The van der Waals surface area contributed by atoms with Gasteiger partial charge in [0.05, 0.1) is 11.4 Å². The van der Waals surface area contributed by atoms with Gasteiger partial charge in [-0.05, 0) is 38.0 Å². The predicted octanol–water partition coefficient (Wildman–Crippen LogP) is 4.22. The minimum absolute atomic E-state index is 0.0828. The lowest BCUT2D eigenvalue weighted by molar-refractivity contribution is 0.580. The van der Waals surface area contributed by atoms with E-state index in [0.717, 1.165) is 34.8 Å². The van der Waals surface area contributed by atoms with Crippen molar-refractivity contribution < 1.29 is 8.42 Å². The van der Waals surface area contributed by atoms with Crippen molar-refractivity contribution in [2.45, 2.75) is 30.7 Å². The molecule has 1 aliphatic rings. The molecule has 1 saturated carbocycles. The molecule has 2 heterocycles. The van der Waals surface area contributed by atoms with Crippen LogP contribution in [0.25, 0.3) is 22.0 Å². The lowest BCUT2D eigenvalue weighted by atomic mass is 10.2. The maximum atomic E-state index is 12.6. The number of aromatic nitrogens is 2. The summed E-state index contributed by atoms with van der Waals surface area (Å²) in [5.41, 5.74) is 3.33. The smallest absolute Gasteiger partial charge is 0.242 e. The van der Waals surface area contributed by atoms with Crippen LogP contribution in [0.1, 0.15) is 18.5 Å². The third-order valence-electron chi connectivity index (χ3n) is 4.54. The summed E-state index contributed by atoms with van der Waals surface area (Å²) in [7, 11) is -1.63. The van der Waals surface area contributed by atoms with Gasteiger partial charge in [0.2, 0.25) is 10.0 Å². The second-order valence-corrected chi connectivity index (χ2v) is 9.46. The molecule has 1 aliphatic carbocycles. The van der Waals surface area contributed by atoms with E-state index in [2.05, 4.69) is 4.72 Å². The van der Waals surface area contributed by atoms with E-state index in [9.17, 15) is 8.42 Å². The molecule has 26 heavy (non-hydrogen) atoms. The van der Waals surface area contributed by atoms with Gasteiger partial charge in [0.1, 0.15) is 9.90 Å². The molecule has 0 bridgehead atoms.